The van der Waals surface area contributed by atoms with Crippen LogP contribution in [-0.2, 0) is 21.2 Å². The lowest BCUT2D eigenvalue weighted by Gasteiger charge is -2.31. The lowest BCUT2D eigenvalue weighted by Crippen LogP contribution is -2.40. The Balaban J connectivity index is 0.00000243. The summed E-state index contributed by atoms with van der Waals surface area (Å²) in [6.07, 6.45) is 3.75. The number of aryl methyl sites for hydroxylation is 1. The summed E-state index contributed by atoms with van der Waals surface area (Å²) in [6.45, 7) is 5.14. The van der Waals surface area contributed by atoms with E-state index in [0.29, 0.717) is 30.3 Å². The number of hydrogen-bond acceptors (Lipinski definition) is 4. The van der Waals surface area contributed by atoms with Crippen LogP contribution in [0, 0.1) is 5.92 Å². The van der Waals surface area contributed by atoms with Gasteiger partial charge in [-0.25, -0.2) is 8.42 Å². The van der Waals surface area contributed by atoms with Crippen LogP contribution in [0.25, 0.3) is 0 Å². The summed E-state index contributed by atoms with van der Waals surface area (Å²) in [4.78, 5) is 12.0. The highest BCUT2D eigenvalue weighted by atomic mass is 35.5. The molecule has 1 fully saturated rings. The number of hydrogen-bond donors (Lipinski definition) is 2. The van der Waals surface area contributed by atoms with Crippen LogP contribution in [0.3, 0.4) is 0 Å². The summed E-state index contributed by atoms with van der Waals surface area (Å²) in [6, 6.07) is 5.08. The van der Waals surface area contributed by atoms with Gasteiger partial charge in [-0.05, 0) is 68.5 Å². The van der Waals surface area contributed by atoms with E-state index in [9.17, 15) is 13.2 Å². The molecule has 0 aromatic heterocycles. The highest BCUT2D eigenvalue weighted by Gasteiger charge is 2.30. The standard InChI is InChI=1S/C18H27N3O3S.ClH/c1-2-19-13-14-8-10-21(11-9-14)25(23,24)16-6-7-17-15(12-16)4-3-5-18(22)20-17;/h6-7,12,14,19H,2-5,8-11,13H2,1H3,(H,20,22);1H. The maximum absolute atomic E-state index is 13.0. The SMILES string of the molecule is CCNCC1CCN(S(=O)(=O)c2ccc3c(c2)CCCC(=O)N3)CC1.Cl. The normalized spacial score (nSPS) is 19.2. The van der Waals surface area contributed by atoms with Crippen LogP contribution in [0.1, 0.15) is 38.2 Å². The number of halogens is 1. The van der Waals surface area contributed by atoms with Crippen molar-refractivity contribution in [1.29, 1.82) is 0 Å². The minimum Gasteiger partial charge on any atom is -0.326 e. The topological polar surface area (TPSA) is 78.5 Å². The van der Waals surface area contributed by atoms with Crippen LogP contribution in [0.5, 0.6) is 0 Å². The molecule has 2 heterocycles. The Morgan fingerprint density at radius 2 is 1.96 bits per heavy atom. The molecule has 0 aliphatic carbocycles. The molecule has 0 spiro atoms. The predicted molar refractivity (Wildman–Crippen MR) is 105 cm³/mol. The van der Waals surface area contributed by atoms with Crippen molar-refractivity contribution < 1.29 is 13.2 Å². The first-order valence-electron chi connectivity index (χ1n) is 9.14. The predicted octanol–water partition coefficient (Wildman–Crippen LogP) is 2.39. The molecule has 6 nitrogen and oxygen atoms in total. The van der Waals surface area contributed by atoms with Gasteiger partial charge in [0.05, 0.1) is 4.90 Å². The summed E-state index contributed by atoms with van der Waals surface area (Å²) in [5.74, 6) is 0.547. The van der Waals surface area contributed by atoms with Gasteiger partial charge < -0.3 is 10.6 Å². The molecule has 146 valence electrons. The summed E-state index contributed by atoms with van der Waals surface area (Å²) in [5.41, 5.74) is 1.65. The smallest absolute Gasteiger partial charge is 0.243 e. The van der Waals surface area contributed by atoms with E-state index in [1.807, 2.05) is 0 Å². The average Bonchev–Trinajstić information content (AvgIpc) is 2.80. The number of benzene rings is 1. The van der Waals surface area contributed by atoms with Gasteiger partial charge in [0.2, 0.25) is 15.9 Å². The number of carbonyl (C=O) groups is 1. The van der Waals surface area contributed by atoms with E-state index in [1.54, 1.807) is 22.5 Å². The molecule has 3 rings (SSSR count). The van der Waals surface area contributed by atoms with E-state index in [4.69, 9.17) is 0 Å². The first-order chi connectivity index (χ1) is 12.0. The maximum Gasteiger partial charge on any atom is 0.243 e. The molecule has 0 atom stereocenters. The molecule has 26 heavy (non-hydrogen) atoms. The molecular weight excluding hydrogens is 374 g/mol. The number of nitrogens with zero attached hydrogens (tertiary/aromatic N) is 1. The minimum absolute atomic E-state index is 0. The van der Waals surface area contributed by atoms with Gasteiger partial charge in [0.15, 0.2) is 0 Å². The van der Waals surface area contributed by atoms with Gasteiger partial charge >= 0.3 is 0 Å². The number of fused-ring (bicyclic) bond motifs is 1. The number of piperidine rings is 1. The van der Waals surface area contributed by atoms with Gasteiger partial charge in [0, 0.05) is 25.2 Å². The molecule has 2 aliphatic heterocycles. The summed E-state index contributed by atoms with van der Waals surface area (Å²) < 4.78 is 27.5. The Labute approximate surface area is 162 Å². The fourth-order valence-corrected chi connectivity index (χ4v) is 5.08. The molecule has 0 bridgehead atoms. The van der Waals surface area contributed by atoms with Crippen LogP contribution >= 0.6 is 12.4 Å². The summed E-state index contributed by atoms with van der Waals surface area (Å²) in [5, 5.41) is 6.20. The number of nitrogens with one attached hydrogen (secondary N) is 2. The summed E-state index contributed by atoms with van der Waals surface area (Å²) >= 11 is 0. The molecule has 1 amide bonds. The second-order valence-corrected chi connectivity index (χ2v) is 8.81. The van der Waals surface area contributed by atoms with Crippen LogP contribution in [0.15, 0.2) is 23.1 Å². The third kappa shape index (κ3) is 4.76. The third-order valence-electron chi connectivity index (χ3n) is 5.10. The van der Waals surface area contributed by atoms with Crippen molar-refractivity contribution in [2.75, 3.05) is 31.5 Å². The monoisotopic (exact) mass is 401 g/mol. The van der Waals surface area contributed by atoms with E-state index in [-0.39, 0.29) is 18.3 Å². The largest absolute Gasteiger partial charge is 0.326 e. The van der Waals surface area contributed by atoms with Crippen molar-refractivity contribution in [2.24, 2.45) is 5.92 Å². The number of rotatable bonds is 5. The Morgan fingerprint density at radius 1 is 1.23 bits per heavy atom. The van der Waals surface area contributed by atoms with Crippen molar-refractivity contribution in [1.82, 2.24) is 9.62 Å². The van der Waals surface area contributed by atoms with E-state index in [2.05, 4.69) is 17.6 Å². The van der Waals surface area contributed by atoms with Gasteiger partial charge in [0.1, 0.15) is 0 Å². The van der Waals surface area contributed by atoms with Crippen molar-refractivity contribution in [3.05, 3.63) is 23.8 Å². The Kier molecular flexibility index (Phi) is 7.46. The molecule has 1 aromatic carbocycles. The number of carbonyl (C=O) groups excluding carboxylic acids is 1. The first kappa shape index (κ1) is 21.2. The average molecular weight is 402 g/mol. The van der Waals surface area contributed by atoms with E-state index >= 15 is 0 Å². The molecule has 0 saturated carbocycles. The molecule has 2 N–H and O–H groups in total. The Bertz CT molecular complexity index is 731. The van der Waals surface area contributed by atoms with Gasteiger partial charge in [-0.15, -0.1) is 12.4 Å². The second kappa shape index (κ2) is 9.17. The molecular formula is C18H28ClN3O3S. The fraction of sp³-hybridized carbons (Fsp3) is 0.611. The van der Waals surface area contributed by atoms with Gasteiger partial charge in [-0.2, -0.15) is 4.31 Å². The zero-order valence-electron chi connectivity index (χ0n) is 15.2. The zero-order chi connectivity index (χ0) is 17.9. The van der Waals surface area contributed by atoms with Gasteiger partial charge in [0.25, 0.3) is 0 Å². The zero-order valence-corrected chi connectivity index (χ0v) is 16.8. The van der Waals surface area contributed by atoms with Crippen molar-refractivity contribution >= 4 is 34.0 Å². The molecule has 1 saturated heterocycles. The van der Waals surface area contributed by atoms with Gasteiger partial charge in [-0.1, -0.05) is 6.92 Å². The molecule has 0 unspecified atom stereocenters. The number of anilines is 1. The molecule has 8 heteroatoms. The number of amides is 1. The molecule has 0 radical (unpaired) electrons. The van der Waals surface area contributed by atoms with E-state index < -0.39 is 10.0 Å². The minimum atomic E-state index is -3.46. The third-order valence-corrected chi connectivity index (χ3v) is 6.99. The highest BCUT2D eigenvalue weighted by Crippen LogP contribution is 2.28. The van der Waals surface area contributed by atoms with Crippen molar-refractivity contribution in [3.8, 4) is 0 Å². The second-order valence-electron chi connectivity index (χ2n) is 6.88. The lowest BCUT2D eigenvalue weighted by molar-refractivity contribution is -0.116. The van der Waals surface area contributed by atoms with Crippen LogP contribution < -0.4 is 10.6 Å². The number of sulfonamides is 1. The lowest BCUT2D eigenvalue weighted by atomic mass is 9.98. The maximum atomic E-state index is 13.0. The molecule has 1 aromatic rings. The van der Waals surface area contributed by atoms with Crippen LogP contribution in [0.4, 0.5) is 5.69 Å². The Morgan fingerprint density at radius 3 is 2.65 bits per heavy atom. The van der Waals surface area contributed by atoms with E-state index in [0.717, 1.165) is 50.0 Å². The quantitative estimate of drug-likeness (QED) is 0.794. The van der Waals surface area contributed by atoms with Gasteiger partial charge in [-0.3, -0.25) is 4.79 Å². The van der Waals surface area contributed by atoms with Crippen LogP contribution in [-0.4, -0.2) is 44.8 Å². The van der Waals surface area contributed by atoms with Crippen LogP contribution in [0.2, 0.25) is 0 Å². The van der Waals surface area contributed by atoms with E-state index in [1.165, 1.54) is 0 Å². The first-order valence-corrected chi connectivity index (χ1v) is 10.6. The molecule has 2 aliphatic rings. The van der Waals surface area contributed by atoms with Crippen molar-refractivity contribution in [3.63, 3.8) is 0 Å². The Hall–Kier alpha value is -1.15. The van der Waals surface area contributed by atoms with Crippen molar-refractivity contribution in [2.45, 2.75) is 43.9 Å². The highest BCUT2D eigenvalue weighted by molar-refractivity contribution is 7.89. The fourth-order valence-electron chi connectivity index (χ4n) is 3.56. The summed E-state index contributed by atoms with van der Waals surface area (Å²) in [7, 11) is -3.46.